The minimum absolute atomic E-state index is 0.0275. The Balaban J connectivity index is 2.02. The van der Waals surface area contributed by atoms with Crippen LogP contribution in [0.5, 0.6) is 0 Å². The molecule has 7 heteroatoms. The van der Waals surface area contributed by atoms with E-state index in [1.165, 1.54) is 11.8 Å². The van der Waals surface area contributed by atoms with Gasteiger partial charge in [0.25, 0.3) is 0 Å². The maximum atomic E-state index is 11.9. The van der Waals surface area contributed by atoms with Crippen LogP contribution >= 0.6 is 23.5 Å². The van der Waals surface area contributed by atoms with Gasteiger partial charge in [-0.1, -0.05) is 11.8 Å². The van der Waals surface area contributed by atoms with Crippen LogP contribution in [0.1, 0.15) is 6.92 Å². The Morgan fingerprint density at radius 3 is 2.53 bits per heavy atom. The summed E-state index contributed by atoms with van der Waals surface area (Å²) in [6.45, 7) is 8.31. The van der Waals surface area contributed by atoms with E-state index in [9.17, 15) is 9.59 Å². The maximum absolute atomic E-state index is 11.9. The zero-order chi connectivity index (χ0) is 14.2. The predicted octanol–water partition coefficient (Wildman–Crippen LogP) is 1.72. The largest absolute Gasteiger partial charge is 0.414 e. The Labute approximate surface area is 123 Å². The van der Waals surface area contributed by atoms with Crippen LogP contribution in [-0.4, -0.2) is 48.2 Å². The second kappa shape index (κ2) is 5.79. The number of carbonyl (C=O) groups is 2. The van der Waals surface area contributed by atoms with Gasteiger partial charge in [0.15, 0.2) is 8.32 Å². The van der Waals surface area contributed by atoms with Gasteiger partial charge in [-0.25, -0.2) is 0 Å². The summed E-state index contributed by atoms with van der Waals surface area (Å²) in [7, 11) is -1.67. The molecule has 0 spiro atoms. The van der Waals surface area contributed by atoms with Crippen molar-refractivity contribution in [1.29, 1.82) is 0 Å². The van der Waals surface area contributed by atoms with Gasteiger partial charge in [-0.3, -0.25) is 9.59 Å². The summed E-state index contributed by atoms with van der Waals surface area (Å²) in [5.74, 6) is 1.71. The first-order chi connectivity index (χ1) is 8.79. The molecular weight excluding hydrogens is 298 g/mol. The Bertz CT molecular complexity index is 386. The molecule has 2 fully saturated rings. The molecule has 2 saturated heterocycles. The summed E-state index contributed by atoms with van der Waals surface area (Å²) in [5, 5.41) is 3.00. The van der Waals surface area contributed by atoms with Crippen molar-refractivity contribution in [2.45, 2.75) is 44.0 Å². The highest BCUT2D eigenvalue weighted by molar-refractivity contribution is 8.18. The molecule has 0 bridgehead atoms. The minimum Gasteiger partial charge on any atom is -0.414 e. The van der Waals surface area contributed by atoms with Crippen LogP contribution in [0.2, 0.25) is 19.6 Å². The van der Waals surface area contributed by atoms with E-state index >= 15 is 0 Å². The zero-order valence-electron chi connectivity index (χ0n) is 11.8. The van der Waals surface area contributed by atoms with Crippen molar-refractivity contribution in [2.75, 3.05) is 11.5 Å². The SMILES string of the molecule is C[C@@H](O[Si](C)(C)C)[C@H]1C(=O)N[C@@H]1[C@H]1SCCSC1=O. The first-order valence-electron chi connectivity index (χ1n) is 6.56. The van der Waals surface area contributed by atoms with Crippen LogP contribution < -0.4 is 5.32 Å². The molecule has 1 N–H and O–H groups in total. The predicted molar refractivity (Wildman–Crippen MR) is 83.0 cm³/mol. The van der Waals surface area contributed by atoms with Crippen molar-refractivity contribution in [3.05, 3.63) is 0 Å². The van der Waals surface area contributed by atoms with Crippen LogP contribution in [0.15, 0.2) is 0 Å². The van der Waals surface area contributed by atoms with Gasteiger partial charge in [-0.2, -0.15) is 0 Å². The highest BCUT2D eigenvalue weighted by Gasteiger charge is 2.50. The number of nitrogens with one attached hydrogen (secondary N) is 1. The fourth-order valence-corrected chi connectivity index (χ4v) is 6.27. The van der Waals surface area contributed by atoms with E-state index < -0.39 is 8.32 Å². The van der Waals surface area contributed by atoms with Crippen molar-refractivity contribution in [1.82, 2.24) is 5.32 Å². The third kappa shape index (κ3) is 3.56. The molecule has 2 rings (SSSR count). The molecule has 2 heterocycles. The lowest BCUT2D eigenvalue weighted by atomic mass is 9.84. The van der Waals surface area contributed by atoms with E-state index in [0.717, 1.165) is 11.5 Å². The van der Waals surface area contributed by atoms with Gasteiger partial charge in [-0.15, -0.1) is 11.8 Å². The summed E-state index contributed by atoms with van der Waals surface area (Å²) in [6.07, 6.45) is -0.106. The molecule has 4 atom stereocenters. The number of hydrogen-bond acceptors (Lipinski definition) is 5. The molecule has 0 aromatic carbocycles. The third-order valence-electron chi connectivity index (χ3n) is 3.23. The number of rotatable bonds is 4. The van der Waals surface area contributed by atoms with Crippen LogP contribution in [-0.2, 0) is 14.0 Å². The molecule has 1 amide bonds. The first-order valence-corrected chi connectivity index (χ1v) is 12.0. The molecule has 0 aromatic heterocycles. The molecule has 0 aliphatic carbocycles. The molecule has 2 aliphatic rings. The molecule has 4 nitrogen and oxygen atoms in total. The minimum atomic E-state index is -1.67. The van der Waals surface area contributed by atoms with Gasteiger partial charge >= 0.3 is 0 Å². The van der Waals surface area contributed by atoms with E-state index in [-0.39, 0.29) is 34.3 Å². The van der Waals surface area contributed by atoms with Crippen molar-refractivity contribution in [3.63, 3.8) is 0 Å². The van der Waals surface area contributed by atoms with Crippen molar-refractivity contribution < 1.29 is 14.0 Å². The summed E-state index contributed by atoms with van der Waals surface area (Å²) in [4.78, 5) is 23.8. The van der Waals surface area contributed by atoms with Crippen molar-refractivity contribution in [3.8, 4) is 0 Å². The van der Waals surface area contributed by atoms with E-state index in [2.05, 4.69) is 25.0 Å². The Morgan fingerprint density at radius 1 is 1.32 bits per heavy atom. The topological polar surface area (TPSA) is 55.4 Å². The van der Waals surface area contributed by atoms with Crippen molar-refractivity contribution in [2.24, 2.45) is 5.92 Å². The van der Waals surface area contributed by atoms with Gasteiger partial charge in [0.1, 0.15) is 0 Å². The van der Waals surface area contributed by atoms with Crippen LogP contribution in [0.3, 0.4) is 0 Å². The van der Waals surface area contributed by atoms with Crippen LogP contribution in [0, 0.1) is 5.92 Å². The number of thioether (sulfide) groups is 2. The average Bonchev–Trinajstić information content (AvgIpc) is 2.24. The molecule has 2 aliphatic heterocycles. The lowest BCUT2D eigenvalue weighted by Crippen LogP contribution is -2.68. The number of hydrogen-bond donors (Lipinski definition) is 1. The Morgan fingerprint density at radius 2 is 2.00 bits per heavy atom. The number of β-lactam (4-membered cyclic amide) rings is 1. The zero-order valence-corrected chi connectivity index (χ0v) is 14.4. The maximum Gasteiger partial charge on any atom is 0.228 e. The summed E-state index contributed by atoms with van der Waals surface area (Å²) < 4.78 is 6.02. The van der Waals surface area contributed by atoms with E-state index in [1.807, 2.05) is 6.92 Å². The molecule has 108 valence electrons. The van der Waals surface area contributed by atoms with Gasteiger partial charge < -0.3 is 9.74 Å². The van der Waals surface area contributed by atoms with Gasteiger partial charge in [-0.05, 0) is 26.6 Å². The fourth-order valence-electron chi connectivity index (χ4n) is 2.54. The normalized spacial score (nSPS) is 33.6. The molecule has 19 heavy (non-hydrogen) atoms. The molecular formula is C12H21NO3S2Si. The highest BCUT2D eigenvalue weighted by Crippen LogP contribution is 2.36. The monoisotopic (exact) mass is 319 g/mol. The molecule has 0 aromatic rings. The fraction of sp³-hybridized carbons (Fsp3) is 0.833. The molecule has 0 unspecified atom stereocenters. The second-order valence-electron chi connectivity index (χ2n) is 5.95. The van der Waals surface area contributed by atoms with Crippen LogP contribution in [0.4, 0.5) is 0 Å². The summed E-state index contributed by atoms with van der Waals surface area (Å²) >= 11 is 3.06. The lowest BCUT2D eigenvalue weighted by molar-refractivity contribution is -0.140. The van der Waals surface area contributed by atoms with Gasteiger partial charge in [0.2, 0.25) is 11.0 Å². The molecule has 0 radical (unpaired) electrons. The Kier molecular flexibility index (Phi) is 4.70. The van der Waals surface area contributed by atoms with E-state index in [1.54, 1.807) is 11.8 Å². The second-order valence-corrected chi connectivity index (χ2v) is 12.8. The standard InChI is InChI=1S/C12H21NO3S2Si/c1-7(16-19(2,3)4)8-9(13-11(8)14)10-12(15)18-6-5-17-10/h7-10H,5-6H2,1-4H3,(H,13,14)/t7-,8-,9+,10-/m1/s1. The number of amides is 1. The van der Waals surface area contributed by atoms with Gasteiger partial charge in [0, 0.05) is 11.5 Å². The quantitative estimate of drug-likeness (QED) is 0.631. The van der Waals surface area contributed by atoms with E-state index in [4.69, 9.17) is 4.43 Å². The van der Waals surface area contributed by atoms with Crippen molar-refractivity contribution >= 4 is 42.9 Å². The first kappa shape index (κ1) is 15.4. The van der Waals surface area contributed by atoms with Gasteiger partial charge in [0.05, 0.1) is 23.3 Å². The Hall–Kier alpha value is 0.0169. The summed E-state index contributed by atoms with van der Waals surface area (Å²) in [5.41, 5.74) is 0. The summed E-state index contributed by atoms with van der Waals surface area (Å²) in [6, 6.07) is -0.0517. The smallest absolute Gasteiger partial charge is 0.228 e. The van der Waals surface area contributed by atoms with Crippen LogP contribution in [0.25, 0.3) is 0 Å². The molecule has 0 saturated carbocycles. The average molecular weight is 320 g/mol. The number of carbonyl (C=O) groups excluding carboxylic acids is 2. The van der Waals surface area contributed by atoms with E-state index in [0.29, 0.717) is 0 Å². The third-order valence-corrected chi connectivity index (χ3v) is 6.97. The highest BCUT2D eigenvalue weighted by atomic mass is 32.2. The lowest BCUT2D eigenvalue weighted by Gasteiger charge is -2.45.